The highest BCUT2D eigenvalue weighted by Crippen LogP contribution is 2.19. The number of imidazole rings is 1. The van der Waals surface area contributed by atoms with Crippen molar-refractivity contribution in [3.63, 3.8) is 0 Å². The van der Waals surface area contributed by atoms with Crippen LogP contribution in [0.3, 0.4) is 0 Å². The van der Waals surface area contributed by atoms with Crippen molar-refractivity contribution in [2.24, 2.45) is 0 Å². The molecule has 0 fully saturated rings. The Morgan fingerprint density at radius 1 is 1.45 bits per heavy atom. The highest BCUT2D eigenvalue weighted by Gasteiger charge is 2.25. The van der Waals surface area contributed by atoms with E-state index in [1.807, 2.05) is 10.6 Å². The van der Waals surface area contributed by atoms with Gasteiger partial charge in [-0.1, -0.05) is 0 Å². The van der Waals surface area contributed by atoms with Crippen LogP contribution in [0.5, 0.6) is 0 Å². The van der Waals surface area contributed by atoms with Crippen LogP contribution in [0.2, 0.25) is 0 Å². The molecule has 8 heteroatoms. The van der Waals surface area contributed by atoms with Gasteiger partial charge >= 0.3 is 0 Å². The van der Waals surface area contributed by atoms with Gasteiger partial charge in [0, 0.05) is 18.3 Å². The van der Waals surface area contributed by atoms with Gasteiger partial charge in [0.1, 0.15) is 11.3 Å². The van der Waals surface area contributed by atoms with E-state index in [4.69, 9.17) is 11.6 Å². The molecule has 2 aromatic heterocycles. The zero-order valence-corrected chi connectivity index (χ0v) is 13.2. The summed E-state index contributed by atoms with van der Waals surface area (Å²) >= 11 is 5.92. The summed E-state index contributed by atoms with van der Waals surface area (Å²) in [6, 6.07) is 3.66. The van der Waals surface area contributed by atoms with Crippen LogP contribution in [-0.4, -0.2) is 34.7 Å². The van der Waals surface area contributed by atoms with Gasteiger partial charge in [-0.3, -0.25) is 0 Å². The Morgan fingerprint density at radius 3 is 2.75 bits per heavy atom. The van der Waals surface area contributed by atoms with Crippen molar-refractivity contribution >= 4 is 32.8 Å². The number of pyridine rings is 1. The molecule has 2 heterocycles. The SMILES string of the molecule is CC(C)(Cn1c(CCl)nc2cccnc21)NS(C)(=O)=O. The van der Waals surface area contributed by atoms with Gasteiger partial charge in [-0.25, -0.2) is 23.1 Å². The fourth-order valence-electron chi connectivity index (χ4n) is 2.20. The molecule has 0 bridgehead atoms. The van der Waals surface area contributed by atoms with E-state index < -0.39 is 15.6 Å². The summed E-state index contributed by atoms with van der Waals surface area (Å²) in [4.78, 5) is 8.70. The fraction of sp³-hybridized carbons (Fsp3) is 0.500. The van der Waals surface area contributed by atoms with E-state index in [1.54, 1.807) is 26.1 Å². The van der Waals surface area contributed by atoms with Gasteiger partial charge in [-0.15, -0.1) is 11.6 Å². The number of rotatable bonds is 5. The molecular weight excluding hydrogens is 300 g/mol. The lowest BCUT2D eigenvalue weighted by atomic mass is 10.1. The maximum atomic E-state index is 11.4. The molecule has 0 aliphatic carbocycles. The van der Waals surface area contributed by atoms with Crippen molar-refractivity contribution in [2.75, 3.05) is 6.26 Å². The summed E-state index contributed by atoms with van der Waals surface area (Å²) in [6.07, 6.45) is 2.82. The van der Waals surface area contributed by atoms with Crippen LogP contribution in [0, 0.1) is 0 Å². The number of aromatic nitrogens is 3. The number of hydrogen-bond acceptors (Lipinski definition) is 4. The first-order valence-electron chi connectivity index (χ1n) is 6.07. The van der Waals surface area contributed by atoms with Gasteiger partial charge in [-0.2, -0.15) is 0 Å². The predicted octanol–water partition coefficient (Wildman–Crippen LogP) is 1.50. The first kappa shape index (κ1) is 15.2. The second kappa shape index (κ2) is 5.31. The number of nitrogens with zero attached hydrogens (tertiary/aromatic N) is 3. The molecule has 0 unspecified atom stereocenters. The summed E-state index contributed by atoms with van der Waals surface area (Å²) in [5.74, 6) is 0.912. The number of alkyl halides is 1. The van der Waals surface area contributed by atoms with Crippen LogP contribution >= 0.6 is 11.6 Å². The van der Waals surface area contributed by atoms with Crippen LogP contribution in [0.4, 0.5) is 0 Å². The highest BCUT2D eigenvalue weighted by atomic mass is 35.5. The Kier molecular flexibility index (Phi) is 4.04. The minimum atomic E-state index is -3.29. The van der Waals surface area contributed by atoms with E-state index in [2.05, 4.69) is 14.7 Å². The normalized spacial score (nSPS) is 13.0. The Morgan fingerprint density at radius 2 is 2.15 bits per heavy atom. The third kappa shape index (κ3) is 3.47. The smallest absolute Gasteiger partial charge is 0.209 e. The number of halogens is 1. The molecule has 0 saturated carbocycles. The zero-order valence-electron chi connectivity index (χ0n) is 11.6. The van der Waals surface area contributed by atoms with E-state index in [9.17, 15) is 8.42 Å². The quantitative estimate of drug-likeness (QED) is 0.848. The molecular formula is C12H17ClN4O2S. The Hall–Kier alpha value is -1.18. The molecule has 0 amide bonds. The lowest BCUT2D eigenvalue weighted by Gasteiger charge is -2.26. The van der Waals surface area contributed by atoms with E-state index in [0.29, 0.717) is 18.0 Å². The molecule has 1 N–H and O–H groups in total. The van der Waals surface area contributed by atoms with Crippen LogP contribution in [0.25, 0.3) is 11.2 Å². The van der Waals surface area contributed by atoms with E-state index in [0.717, 1.165) is 11.8 Å². The van der Waals surface area contributed by atoms with Gasteiger partial charge in [0.05, 0.1) is 12.1 Å². The Labute approximate surface area is 123 Å². The highest BCUT2D eigenvalue weighted by molar-refractivity contribution is 7.88. The van der Waals surface area contributed by atoms with E-state index >= 15 is 0 Å². The first-order chi connectivity index (χ1) is 9.22. The second-order valence-electron chi connectivity index (χ2n) is 5.35. The van der Waals surface area contributed by atoms with Gasteiger partial charge in [0.15, 0.2) is 5.65 Å². The second-order valence-corrected chi connectivity index (χ2v) is 7.37. The number of fused-ring (bicyclic) bond motifs is 1. The third-order valence-corrected chi connectivity index (χ3v) is 3.88. The Bertz CT molecular complexity index is 724. The lowest BCUT2D eigenvalue weighted by molar-refractivity contribution is 0.391. The largest absolute Gasteiger partial charge is 0.310 e. The predicted molar refractivity (Wildman–Crippen MR) is 79.1 cm³/mol. The van der Waals surface area contributed by atoms with Crippen LogP contribution < -0.4 is 4.72 Å². The van der Waals surface area contributed by atoms with Crippen molar-refractivity contribution in [1.82, 2.24) is 19.3 Å². The van der Waals surface area contributed by atoms with Crippen LogP contribution in [0.1, 0.15) is 19.7 Å². The molecule has 0 aliphatic rings. The van der Waals surface area contributed by atoms with E-state index in [1.165, 1.54) is 0 Å². The van der Waals surface area contributed by atoms with Crippen molar-refractivity contribution in [2.45, 2.75) is 31.8 Å². The van der Waals surface area contributed by atoms with Gasteiger partial charge < -0.3 is 4.57 Å². The minimum Gasteiger partial charge on any atom is -0.310 e. The third-order valence-electron chi connectivity index (χ3n) is 2.72. The average Bonchev–Trinajstić information content (AvgIpc) is 2.64. The number of sulfonamides is 1. The molecule has 0 aromatic carbocycles. The van der Waals surface area contributed by atoms with Gasteiger partial charge in [0.25, 0.3) is 0 Å². The molecule has 0 saturated heterocycles. The summed E-state index contributed by atoms with van der Waals surface area (Å²) in [5, 5.41) is 0. The topological polar surface area (TPSA) is 76.9 Å². The molecule has 0 spiro atoms. The summed E-state index contributed by atoms with van der Waals surface area (Å²) in [7, 11) is -3.29. The molecule has 2 aromatic rings. The van der Waals surface area contributed by atoms with Crippen LogP contribution in [-0.2, 0) is 22.4 Å². The van der Waals surface area contributed by atoms with Crippen molar-refractivity contribution in [3.05, 3.63) is 24.2 Å². The summed E-state index contributed by atoms with van der Waals surface area (Å²) in [5.41, 5.74) is 0.782. The molecule has 0 radical (unpaired) electrons. The van der Waals surface area contributed by atoms with E-state index in [-0.39, 0.29) is 5.88 Å². The zero-order chi connectivity index (χ0) is 15.0. The lowest BCUT2D eigenvalue weighted by Crippen LogP contribution is -2.46. The van der Waals surface area contributed by atoms with Gasteiger partial charge in [-0.05, 0) is 26.0 Å². The van der Waals surface area contributed by atoms with Crippen molar-refractivity contribution in [3.8, 4) is 0 Å². The summed E-state index contributed by atoms with van der Waals surface area (Å²) < 4.78 is 27.3. The van der Waals surface area contributed by atoms with Gasteiger partial charge in [0.2, 0.25) is 10.0 Å². The maximum Gasteiger partial charge on any atom is 0.209 e. The van der Waals surface area contributed by atoms with Crippen molar-refractivity contribution in [1.29, 1.82) is 0 Å². The number of nitrogens with one attached hydrogen (secondary N) is 1. The molecule has 2 rings (SSSR count). The first-order valence-corrected chi connectivity index (χ1v) is 8.49. The average molecular weight is 317 g/mol. The molecule has 20 heavy (non-hydrogen) atoms. The van der Waals surface area contributed by atoms with Crippen molar-refractivity contribution < 1.29 is 8.42 Å². The maximum absolute atomic E-state index is 11.4. The number of hydrogen-bond donors (Lipinski definition) is 1. The minimum absolute atomic E-state index is 0.241. The standard InChI is InChI=1S/C12H17ClN4O2S/c1-12(2,16-20(3,18)19)8-17-10(7-13)15-9-5-4-6-14-11(9)17/h4-6,16H,7-8H2,1-3H3. The molecule has 0 aliphatic heterocycles. The molecule has 110 valence electrons. The fourth-order valence-corrected chi connectivity index (χ4v) is 3.48. The van der Waals surface area contributed by atoms with Crippen LogP contribution in [0.15, 0.2) is 18.3 Å². The summed E-state index contributed by atoms with van der Waals surface area (Å²) in [6.45, 7) is 4.01. The molecule has 6 nitrogen and oxygen atoms in total. The Balaban J connectivity index is 2.42. The monoisotopic (exact) mass is 316 g/mol. The molecule has 0 atom stereocenters.